The van der Waals surface area contributed by atoms with E-state index in [1.807, 2.05) is 0 Å². The fourth-order valence-corrected chi connectivity index (χ4v) is 4.28. The average molecular weight is 433 g/mol. The van der Waals surface area contributed by atoms with Crippen LogP contribution in [-0.2, 0) is 23.5 Å². The summed E-state index contributed by atoms with van der Waals surface area (Å²) in [6.45, 7) is 13.8. The minimum Gasteiger partial charge on any atom is -0.410 e. The average Bonchev–Trinajstić information content (AvgIpc) is 2.50. The van der Waals surface area contributed by atoms with E-state index in [9.17, 15) is 21.6 Å². The Morgan fingerprint density at radius 1 is 1.22 bits per heavy atom. The summed E-state index contributed by atoms with van der Waals surface area (Å²) in [5.41, 5.74) is -5.42. The molecule has 0 saturated carbocycles. The molecule has 10 heteroatoms. The monoisotopic (exact) mass is 432 g/mol. The molecule has 0 aromatic carbocycles. The summed E-state index contributed by atoms with van der Waals surface area (Å²) in [5.74, 6) is 0. The maximum absolute atomic E-state index is 12.4. The van der Waals surface area contributed by atoms with Gasteiger partial charge >= 0.3 is 15.6 Å². The third-order valence-corrected chi connectivity index (χ3v) is 10.7. The molecule has 1 unspecified atom stereocenters. The summed E-state index contributed by atoms with van der Waals surface area (Å²) in [7, 11) is -7.61. The van der Waals surface area contributed by atoms with Crippen LogP contribution in [0.2, 0.25) is 18.1 Å². The number of hydrogen-bond donors (Lipinski definition) is 0. The van der Waals surface area contributed by atoms with Crippen LogP contribution in [-0.4, -0.2) is 47.2 Å². The van der Waals surface area contributed by atoms with Gasteiger partial charge in [0.15, 0.2) is 8.32 Å². The Hall–Kier alpha value is -0.423. The van der Waals surface area contributed by atoms with Crippen molar-refractivity contribution in [1.82, 2.24) is 0 Å². The standard InChI is InChI=1S/C17H31F3O5SSi/c1-7-13(25-27(5,6)16(2,3)4)11-14-9-8-10-15(24-14)12-23-26(21,22)17(18,19)20/h7,13-15H,1,8-12H2,2-6H3/t13?,14-,15+/m0/s1. The molecule has 0 bridgehead atoms. The van der Waals surface area contributed by atoms with E-state index in [0.717, 1.165) is 6.42 Å². The van der Waals surface area contributed by atoms with Gasteiger partial charge in [0, 0.05) is 6.42 Å². The number of hydrogen-bond acceptors (Lipinski definition) is 5. The second-order valence-electron chi connectivity index (χ2n) is 8.38. The second-order valence-corrected chi connectivity index (χ2v) is 14.7. The largest absolute Gasteiger partial charge is 0.523 e. The topological polar surface area (TPSA) is 61.8 Å². The minimum atomic E-state index is -5.60. The van der Waals surface area contributed by atoms with Crippen LogP contribution < -0.4 is 0 Å². The van der Waals surface area contributed by atoms with Crippen molar-refractivity contribution < 1.29 is 34.9 Å². The number of rotatable bonds is 8. The van der Waals surface area contributed by atoms with E-state index in [-0.39, 0.29) is 17.2 Å². The molecule has 0 aromatic heterocycles. The molecular formula is C17H31F3O5SSi. The number of ether oxygens (including phenoxy) is 1. The van der Waals surface area contributed by atoms with Gasteiger partial charge in [0.05, 0.1) is 24.9 Å². The summed E-state index contributed by atoms with van der Waals surface area (Å²) >= 11 is 0. The quantitative estimate of drug-likeness (QED) is 0.240. The third-order valence-electron chi connectivity index (χ3n) is 5.14. The Kier molecular flexibility index (Phi) is 8.15. The molecule has 1 saturated heterocycles. The molecule has 1 aliphatic heterocycles. The van der Waals surface area contributed by atoms with Crippen molar-refractivity contribution >= 4 is 18.4 Å². The molecule has 1 fully saturated rings. The Morgan fingerprint density at radius 3 is 2.26 bits per heavy atom. The van der Waals surface area contributed by atoms with Crippen LogP contribution in [0, 0.1) is 0 Å². The van der Waals surface area contributed by atoms with E-state index in [1.165, 1.54) is 0 Å². The molecule has 0 spiro atoms. The van der Waals surface area contributed by atoms with Crippen LogP contribution in [0.3, 0.4) is 0 Å². The molecule has 0 amide bonds. The van der Waals surface area contributed by atoms with Crippen molar-refractivity contribution in [3.63, 3.8) is 0 Å². The fourth-order valence-electron chi connectivity index (χ4n) is 2.52. The number of halogens is 3. The van der Waals surface area contributed by atoms with Crippen LogP contribution >= 0.6 is 0 Å². The highest BCUT2D eigenvalue weighted by molar-refractivity contribution is 7.87. The Balaban J connectivity index is 2.63. The van der Waals surface area contributed by atoms with Gasteiger partial charge in [-0.05, 0) is 37.4 Å². The van der Waals surface area contributed by atoms with Crippen molar-refractivity contribution in [2.75, 3.05) is 6.61 Å². The number of alkyl halides is 3. The lowest BCUT2D eigenvalue weighted by molar-refractivity contribution is -0.0864. The van der Waals surface area contributed by atoms with Crippen LogP contribution in [0.4, 0.5) is 13.2 Å². The van der Waals surface area contributed by atoms with Gasteiger partial charge in [0.1, 0.15) is 0 Å². The highest BCUT2D eigenvalue weighted by Gasteiger charge is 2.47. The van der Waals surface area contributed by atoms with Crippen LogP contribution in [0.1, 0.15) is 46.5 Å². The lowest BCUT2D eigenvalue weighted by atomic mass is 10.00. The van der Waals surface area contributed by atoms with Gasteiger partial charge in [-0.15, -0.1) is 6.58 Å². The highest BCUT2D eigenvalue weighted by Crippen LogP contribution is 2.38. The summed E-state index contributed by atoms with van der Waals surface area (Å²) < 4.78 is 75.3. The summed E-state index contributed by atoms with van der Waals surface area (Å²) in [5, 5.41) is 0.0318. The first-order chi connectivity index (χ1) is 12.1. The normalized spacial score (nSPS) is 23.9. The zero-order valence-corrected chi connectivity index (χ0v) is 18.5. The predicted molar refractivity (Wildman–Crippen MR) is 100 cm³/mol. The maximum atomic E-state index is 12.4. The van der Waals surface area contributed by atoms with Gasteiger partial charge in [0.25, 0.3) is 0 Å². The molecule has 1 heterocycles. The Morgan fingerprint density at radius 2 is 1.78 bits per heavy atom. The van der Waals surface area contributed by atoms with Crippen molar-refractivity contribution in [3.05, 3.63) is 12.7 Å². The van der Waals surface area contributed by atoms with Crippen LogP contribution in [0.25, 0.3) is 0 Å². The van der Waals surface area contributed by atoms with E-state index in [2.05, 4.69) is 44.6 Å². The first kappa shape index (κ1) is 24.6. The van der Waals surface area contributed by atoms with Gasteiger partial charge in [-0.2, -0.15) is 21.6 Å². The van der Waals surface area contributed by atoms with Gasteiger partial charge < -0.3 is 9.16 Å². The molecular weight excluding hydrogens is 401 g/mol. The van der Waals surface area contributed by atoms with E-state index in [0.29, 0.717) is 19.3 Å². The van der Waals surface area contributed by atoms with Crippen molar-refractivity contribution in [2.24, 2.45) is 0 Å². The van der Waals surface area contributed by atoms with E-state index in [4.69, 9.17) is 9.16 Å². The van der Waals surface area contributed by atoms with Crippen molar-refractivity contribution in [1.29, 1.82) is 0 Å². The minimum absolute atomic E-state index is 0.0318. The zero-order valence-electron chi connectivity index (χ0n) is 16.6. The van der Waals surface area contributed by atoms with Crippen LogP contribution in [0.15, 0.2) is 12.7 Å². The van der Waals surface area contributed by atoms with Crippen molar-refractivity contribution in [2.45, 2.75) is 88.4 Å². The van der Waals surface area contributed by atoms with Crippen LogP contribution in [0.5, 0.6) is 0 Å². The Labute approximate surface area is 161 Å². The Bertz CT molecular complexity index is 599. The zero-order chi connectivity index (χ0) is 21.1. The smallest absolute Gasteiger partial charge is 0.410 e. The molecule has 0 aromatic rings. The fraction of sp³-hybridized carbons (Fsp3) is 0.882. The SMILES string of the molecule is C=CC(C[C@@H]1CCC[C@H](COS(=O)(=O)C(F)(F)F)O1)O[Si](C)(C)C(C)(C)C. The molecule has 0 radical (unpaired) electrons. The molecule has 0 aliphatic carbocycles. The molecule has 5 nitrogen and oxygen atoms in total. The van der Waals surface area contributed by atoms with Gasteiger partial charge in [-0.1, -0.05) is 26.8 Å². The summed E-state index contributed by atoms with van der Waals surface area (Å²) in [4.78, 5) is 0. The molecule has 160 valence electrons. The van der Waals surface area contributed by atoms with Gasteiger partial charge in [-0.25, -0.2) is 0 Å². The predicted octanol–water partition coefficient (Wildman–Crippen LogP) is 4.76. The molecule has 1 aliphatic rings. The highest BCUT2D eigenvalue weighted by atomic mass is 32.2. The lowest BCUT2D eigenvalue weighted by Gasteiger charge is -2.40. The molecule has 3 atom stereocenters. The van der Waals surface area contributed by atoms with Crippen molar-refractivity contribution in [3.8, 4) is 0 Å². The van der Waals surface area contributed by atoms with E-state index < -0.39 is 36.7 Å². The van der Waals surface area contributed by atoms with E-state index in [1.54, 1.807) is 6.08 Å². The van der Waals surface area contributed by atoms with Gasteiger partial charge in [-0.3, -0.25) is 4.18 Å². The first-order valence-corrected chi connectivity index (χ1v) is 13.3. The lowest BCUT2D eigenvalue weighted by Crippen LogP contribution is -2.44. The third kappa shape index (κ3) is 7.15. The summed E-state index contributed by atoms with van der Waals surface area (Å²) in [6, 6.07) is 0. The maximum Gasteiger partial charge on any atom is 0.523 e. The molecule has 0 N–H and O–H groups in total. The van der Waals surface area contributed by atoms with Gasteiger partial charge in [0.2, 0.25) is 0 Å². The van der Waals surface area contributed by atoms with E-state index >= 15 is 0 Å². The summed E-state index contributed by atoms with van der Waals surface area (Å²) in [6.07, 6.45) is 2.98. The molecule has 1 rings (SSSR count). The second kappa shape index (κ2) is 8.94. The molecule has 27 heavy (non-hydrogen) atoms. The first-order valence-electron chi connectivity index (χ1n) is 9.00.